The van der Waals surface area contributed by atoms with Crippen LogP contribution < -0.4 is 0 Å². The smallest absolute Gasteiger partial charge is 0.321 e. The van der Waals surface area contributed by atoms with Gasteiger partial charge in [0, 0.05) is 4.47 Å². The van der Waals surface area contributed by atoms with Gasteiger partial charge in [0.15, 0.2) is 5.92 Å². The summed E-state index contributed by atoms with van der Waals surface area (Å²) in [6, 6.07) is 7.43. The summed E-state index contributed by atoms with van der Waals surface area (Å²) in [5.74, 6) is -2.12. The molecule has 1 rings (SSSR count). The van der Waals surface area contributed by atoms with Crippen molar-refractivity contribution in [1.29, 1.82) is 0 Å². The number of benzene rings is 1. The summed E-state index contributed by atoms with van der Waals surface area (Å²) in [5.41, 5.74) is 0.214. The van der Waals surface area contributed by atoms with Crippen LogP contribution in [0.3, 0.4) is 0 Å². The Balaban J connectivity index is 2.94. The molecule has 1 aromatic rings. The van der Waals surface area contributed by atoms with Crippen molar-refractivity contribution in [2.75, 3.05) is 7.11 Å². The SMILES string of the molecule is COC(=O)C(Cc1ccccc1Br)C(=O)OC(C)(C)C. The van der Waals surface area contributed by atoms with Crippen LogP contribution in [-0.4, -0.2) is 24.6 Å². The molecule has 0 aliphatic carbocycles. The number of carbonyl (C=O) groups excluding carboxylic acids is 2. The average Bonchev–Trinajstić information content (AvgIpc) is 2.34. The number of ether oxygens (including phenoxy) is 2. The maximum atomic E-state index is 12.1. The van der Waals surface area contributed by atoms with Crippen molar-refractivity contribution < 1.29 is 19.1 Å². The molecule has 0 aliphatic heterocycles. The Hall–Kier alpha value is -1.36. The molecule has 110 valence electrons. The number of hydrogen-bond acceptors (Lipinski definition) is 4. The number of rotatable bonds is 4. The second kappa shape index (κ2) is 6.88. The monoisotopic (exact) mass is 342 g/mol. The van der Waals surface area contributed by atoms with Gasteiger partial charge in [0.05, 0.1) is 7.11 Å². The Kier molecular flexibility index (Phi) is 5.74. The molecule has 0 fully saturated rings. The number of halogens is 1. The van der Waals surface area contributed by atoms with Crippen molar-refractivity contribution in [3.63, 3.8) is 0 Å². The number of hydrogen-bond donors (Lipinski definition) is 0. The van der Waals surface area contributed by atoms with E-state index in [1.165, 1.54) is 7.11 Å². The van der Waals surface area contributed by atoms with Gasteiger partial charge in [-0.1, -0.05) is 34.1 Å². The lowest BCUT2D eigenvalue weighted by molar-refractivity contribution is -0.168. The average molecular weight is 343 g/mol. The Bertz CT molecular complexity index is 491. The molecule has 0 saturated carbocycles. The van der Waals surface area contributed by atoms with Crippen LogP contribution in [0.15, 0.2) is 28.7 Å². The van der Waals surface area contributed by atoms with Crippen LogP contribution in [0.25, 0.3) is 0 Å². The van der Waals surface area contributed by atoms with Crippen molar-refractivity contribution >= 4 is 27.9 Å². The van der Waals surface area contributed by atoms with Gasteiger partial charge >= 0.3 is 11.9 Å². The summed E-state index contributed by atoms with van der Waals surface area (Å²) in [4.78, 5) is 24.0. The van der Waals surface area contributed by atoms with Gasteiger partial charge in [-0.2, -0.15) is 0 Å². The van der Waals surface area contributed by atoms with Crippen LogP contribution >= 0.6 is 15.9 Å². The van der Waals surface area contributed by atoms with E-state index in [1.807, 2.05) is 24.3 Å². The van der Waals surface area contributed by atoms with Gasteiger partial charge < -0.3 is 9.47 Å². The van der Waals surface area contributed by atoms with Crippen LogP contribution in [0.4, 0.5) is 0 Å². The second-order valence-electron chi connectivity index (χ2n) is 5.40. The van der Waals surface area contributed by atoms with E-state index >= 15 is 0 Å². The molecule has 0 aromatic heterocycles. The summed E-state index contributed by atoms with van der Waals surface area (Å²) in [6.45, 7) is 5.28. The number of methoxy groups -OCH3 is 1. The van der Waals surface area contributed by atoms with Crippen molar-refractivity contribution in [3.8, 4) is 0 Å². The lowest BCUT2D eigenvalue weighted by atomic mass is 9.99. The molecule has 0 saturated heterocycles. The van der Waals surface area contributed by atoms with Gasteiger partial charge in [-0.05, 0) is 38.8 Å². The van der Waals surface area contributed by atoms with Gasteiger partial charge in [-0.3, -0.25) is 9.59 Å². The highest BCUT2D eigenvalue weighted by Crippen LogP contribution is 2.22. The third-order valence-corrected chi connectivity index (χ3v) is 3.33. The molecule has 1 atom stereocenters. The highest BCUT2D eigenvalue weighted by molar-refractivity contribution is 9.10. The molecule has 0 bridgehead atoms. The van der Waals surface area contributed by atoms with Gasteiger partial charge in [-0.15, -0.1) is 0 Å². The minimum atomic E-state index is -0.960. The van der Waals surface area contributed by atoms with E-state index in [0.717, 1.165) is 10.0 Å². The summed E-state index contributed by atoms with van der Waals surface area (Å²) >= 11 is 3.40. The molecule has 0 aliphatic rings. The molecule has 0 spiro atoms. The molecule has 20 heavy (non-hydrogen) atoms. The lowest BCUT2D eigenvalue weighted by Gasteiger charge is -2.23. The van der Waals surface area contributed by atoms with Crippen molar-refractivity contribution in [3.05, 3.63) is 34.3 Å². The zero-order valence-corrected chi connectivity index (χ0v) is 13.7. The zero-order chi connectivity index (χ0) is 15.3. The maximum Gasteiger partial charge on any atom is 0.321 e. The molecule has 0 heterocycles. The fourth-order valence-corrected chi connectivity index (χ4v) is 2.11. The summed E-state index contributed by atoms with van der Waals surface area (Å²) in [7, 11) is 1.26. The molecular formula is C15H19BrO4. The Morgan fingerprint density at radius 3 is 2.30 bits per heavy atom. The number of carbonyl (C=O) groups is 2. The topological polar surface area (TPSA) is 52.6 Å². The standard InChI is InChI=1S/C15H19BrO4/c1-15(2,3)20-14(18)11(13(17)19-4)9-10-7-5-6-8-12(10)16/h5-8,11H,9H2,1-4H3. The van der Waals surface area contributed by atoms with Gasteiger partial charge in [0.2, 0.25) is 0 Å². The molecule has 5 heteroatoms. The van der Waals surface area contributed by atoms with Crippen LogP contribution in [0.2, 0.25) is 0 Å². The van der Waals surface area contributed by atoms with Crippen molar-refractivity contribution in [1.82, 2.24) is 0 Å². The fraction of sp³-hybridized carbons (Fsp3) is 0.467. The van der Waals surface area contributed by atoms with Crippen LogP contribution in [-0.2, 0) is 25.5 Å². The molecule has 4 nitrogen and oxygen atoms in total. The Morgan fingerprint density at radius 2 is 1.80 bits per heavy atom. The first-order chi connectivity index (χ1) is 9.24. The summed E-state index contributed by atoms with van der Waals surface area (Å²) in [6.07, 6.45) is 0.239. The van der Waals surface area contributed by atoms with E-state index in [0.29, 0.717) is 0 Å². The van der Waals surface area contributed by atoms with E-state index in [1.54, 1.807) is 20.8 Å². The van der Waals surface area contributed by atoms with E-state index in [4.69, 9.17) is 9.47 Å². The minimum Gasteiger partial charge on any atom is -0.468 e. The maximum absolute atomic E-state index is 12.1. The molecule has 0 radical (unpaired) electrons. The predicted molar refractivity (Wildman–Crippen MR) is 79.2 cm³/mol. The summed E-state index contributed by atoms with van der Waals surface area (Å²) < 4.78 is 10.8. The van der Waals surface area contributed by atoms with Crippen molar-refractivity contribution in [2.45, 2.75) is 32.8 Å². The lowest BCUT2D eigenvalue weighted by Crippen LogP contribution is -2.34. The molecule has 1 aromatic carbocycles. The van der Waals surface area contributed by atoms with Gasteiger partial charge in [0.25, 0.3) is 0 Å². The highest BCUT2D eigenvalue weighted by Gasteiger charge is 2.32. The van der Waals surface area contributed by atoms with E-state index in [9.17, 15) is 9.59 Å². The third-order valence-electron chi connectivity index (χ3n) is 2.56. The highest BCUT2D eigenvalue weighted by atomic mass is 79.9. The van der Waals surface area contributed by atoms with E-state index in [-0.39, 0.29) is 6.42 Å². The van der Waals surface area contributed by atoms with Crippen LogP contribution in [0.1, 0.15) is 26.3 Å². The fourth-order valence-electron chi connectivity index (χ4n) is 1.66. The molecular weight excluding hydrogens is 324 g/mol. The van der Waals surface area contributed by atoms with Gasteiger partial charge in [0.1, 0.15) is 5.60 Å². The minimum absolute atomic E-state index is 0.239. The quantitative estimate of drug-likeness (QED) is 0.623. The Morgan fingerprint density at radius 1 is 1.20 bits per heavy atom. The first-order valence-corrected chi connectivity index (χ1v) is 7.08. The van der Waals surface area contributed by atoms with Crippen LogP contribution in [0.5, 0.6) is 0 Å². The summed E-state index contributed by atoms with van der Waals surface area (Å²) in [5, 5.41) is 0. The van der Waals surface area contributed by atoms with E-state index < -0.39 is 23.5 Å². The molecule has 0 amide bonds. The third kappa shape index (κ3) is 4.96. The predicted octanol–water partition coefficient (Wildman–Crippen LogP) is 3.12. The largest absolute Gasteiger partial charge is 0.468 e. The van der Waals surface area contributed by atoms with Gasteiger partial charge in [-0.25, -0.2) is 0 Å². The molecule has 1 unspecified atom stereocenters. The zero-order valence-electron chi connectivity index (χ0n) is 12.1. The van der Waals surface area contributed by atoms with E-state index in [2.05, 4.69) is 15.9 Å². The number of esters is 2. The first kappa shape index (κ1) is 16.7. The normalized spacial score (nSPS) is 12.7. The molecule has 0 N–H and O–H groups in total. The first-order valence-electron chi connectivity index (χ1n) is 6.28. The Labute approximate surface area is 127 Å². The van der Waals surface area contributed by atoms with Crippen LogP contribution in [0, 0.1) is 5.92 Å². The van der Waals surface area contributed by atoms with Crippen molar-refractivity contribution in [2.24, 2.45) is 5.92 Å². The second-order valence-corrected chi connectivity index (χ2v) is 6.26.